The maximum Gasteiger partial charge on any atom is 0.433 e. The van der Waals surface area contributed by atoms with Gasteiger partial charge in [-0.2, -0.15) is 13.2 Å². The highest BCUT2D eigenvalue weighted by Crippen LogP contribution is 2.28. The first-order chi connectivity index (χ1) is 10.1. The van der Waals surface area contributed by atoms with Gasteiger partial charge in [0.25, 0.3) is 5.91 Å². The lowest BCUT2D eigenvalue weighted by molar-refractivity contribution is -0.162. The lowest BCUT2D eigenvalue weighted by Crippen LogP contribution is -2.50. The summed E-state index contributed by atoms with van der Waals surface area (Å²) < 4.78 is 37.2. The first-order valence-electron chi connectivity index (χ1n) is 6.42. The van der Waals surface area contributed by atoms with Gasteiger partial charge in [-0.1, -0.05) is 0 Å². The topological polar surface area (TPSA) is 90.7 Å². The smallest absolute Gasteiger partial charge is 0.433 e. The number of hydrogen-bond donors (Lipinski definition) is 2. The SMILES string of the molecule is O=C(c1ccc(C(F)(F)F)nc1)N1CCC(O)(C(=O)O)CC1. The van der Waals surface area contributed by atoms with Crippen molar-refractivity contribution in [3.05, 3.63) is 29.6 Å². The number of aliphatic hydroxyl groups is 1. The van der Waals surface area contributed by atoms with E-state index in [-0.39, 0.29) is 31.5 Å². The van der Waals surface area contributed by atoms with E-state index >= 15 is 0 Å². The Morgan fingerprint density at radius 3 is 2.23 bits per heavy atom. The molecule has 6 nitrogen and oxygen atoms in total. The van der Waals surface area contributed by atoms with Crippen molar-refractivity contribution >= 4 is 11.9 Å². The molecule has 0 saturated carbocycles. The molecule has 1 aromatic heterocycles. The number of amides is 1. The molecule has 1 fully saturated rings. The van der Waals surface area contributed by atoms with Crippen LogP contribution in [0.15, 0.2) is 18.3 Å². The second kappa shape index (κ2) is 5.56. The summed E-state index contributed by atoms with van der Waals surface area (Å²) in [6, 6.07) is 1.74. The number of nitrogens with zero attached hydrogens (tertiary/aromatic N) is 2. The number of carbonyl (C=O) groups excluding carboxylic acids is 1. The Hall–Kier alpha value is -2.16. The Morgan fingerprint density at radius 1 is 1.23 bits per heavy atom. The third-order valence-electron chi connectivity index (χ3n) is 3.58. The summed E-state index contributed by atoms with van der Waals surface area (Å²) in [6.45, 7) is 0.00527. The molecule has 0 radical (unpaired) electrons. The van der Waals surface area contributed by atoms with Gasteiger partial charge in [-0.05, 0) is 12.1 Å². The van der Waals surface area contributed by atoms with E-state index in [1.165, 1.54) is 4.90 Å². The van der Waals surface area contributed by atoms with Crippen LogP contribution in [0.4, 0.5) is 13.2 Å². The van der Waals surface area contributed by atoms with Crippen LogP contribution in [-0.2, 0) is 11.0 Å². The lowest BCUT2D eigenvalue weighted by Gasteiger charge is -2.35. The summed E-state index contributed by atoms with van der Waals surface area (Å²) in [5.74, 6) is -1.90. The number of aromatic nitrogens is 1. The van der Waals surface area contributed by atoms with E-state index in [0.717, 1.165) is 12.3 Å². The highest BCUT2D eigenvalue weighted by molar-refractivity contribution is 5.94. The van der Waals surface area contributed by atoms with Crippen molar-refractivity contribution in [1.82, 2.24) is 9.88 Å². The summed E-state index contributed by atoms with van der Waals surface area (Å²) in [5.41, 5.74) is -2.98. The zero-order valence-electron chi connectivity index (χ0n) is 11.3. The lowest BCUT2D eigenvalue weighted by atomic mass is 9.91. The second-order valence-corrected chi connectivity index (χ2v) is 5.06. The molecule has 2 heterocycles. The molecule has 0 bridgehead atoms. The Morgan fingerprint density at radius 2 is 1.82 bits per heavy atom. The Bertz CT molecular complexity index is 578. The molecule has 0 unspecified atom stereocenters. The molecule has 2 N–H and O–H groups in total. The monoisotopic (exact) mass is 318 g/mol. The molecule has 1 aliphatic rings. The van der Waals surface area contributed by atoms with Crippen LogP contribution in [0.3, 0.4) is 0 Å². The molecular formula is C13H13F3N2O4. The van der Waals surface area contributed by atoms with Crippen LogP contribution < -0.4 is 0 Å². The van der Waals surface area contributed by atoms with Gasteiger partial charge in [0.15, 0.2) is 5.60 Å². The van der Waals surface area contributed by atoms with Crippen LogP contribution in [0.2, 0.25) is 0 Å². The fraction of sp³-hybridized carbons (Fsp3) is 0.462. The number of rotatable bonds is 2. The summed E-state index contributed by atoms with van der Waals surface area (Å²) >= 11 is 0. The van der Waals surface area contributed by atoms with Gasteiger partial charge in [0.2, 0.25) is 0 Å². The summed E-state index contributed by atoms with van der Waals surface area (Å²) in [6.07, 6.45) is -4.02. The van der Waals surface area contributed by atoms with E-state index in [4.69, 9.17) is 5.11 Å². The average molecular weight is 318 g/mol. The van der Waals surface area contributed by atoms with Gasteiger partial charge in [-0.25, -0.2) is 4.79 Å². The van der Waals surface area contributed by atoms with E-state index in [1.54, 1.807) is 0 Å². The number of likely N-dealkylation sites (tertiary alicyclic amines) is 1. The zero-order valence-corrected chi connectivity index (χ0v) is 11.3. The third kappa shape index (κ3) is 3.19. The van der Waals surface area contributed by atoms with E-state index in [9.17, 15) is 27.9 Å². The predicted octanol–water partition coefficient (Wildman–Crippen LogP) is 1.15. The highest BCUT2D eigenvalue weighted by Gasteiger charge is 2.40. The highest BCUT2D eigenvalue weighted by atomic mass is 19.4. The van der Waals surface area contributed by atoms with E-state index in [0.29, 0.717) is 6.07 Å². The standard InChI is InChI=1S/C13H13F3N2O4/c14-13(15,16)9-2-1-8(7-17-9)10(19)18-5-3-12(22,4-6-18)11(20)21/h1-2,7,22H,3-6H2,(H,20,21). The molecule has 0 atom stereocenters. The normalized spacial score (nSPS) is 18.1. The van der Waals surface area contributed by atoms with Crippen molar-refractivity contribution in [2.45, 2.75) is 24.6 Å². The van der Waals surface area contributed by atoms with Crippen LogP contribution >= 0.6 is 0 Å². The number of hydrogen-bond acceptors (Lipinski definition) is 4. The quantitative estimate of drug-likeness (QED) is 0.854. The van der Waals surface area contributed by atoms with Crippen LogP contribution in [0.25, 0.3) is 0 Å². The fourth-order valence-electron chi connectivity index (χ4n) is 2.16. The zero-order chi connectivity index (χ0) is 16.5. The largest absolute Gasteiger partial charge is 0.479 e. The van der Waals surface area contributed by atoms with Crippen molar-refractivity contribution in [1.29, 1.82) is 0 Å². The Balaban J connectivity index is 2.06. The van der Waals surface area contributed by atoms with Crippen molar-refractivity contribution in [3.8, 4) is 0 Å². The van der Waals surface area contributed by atoms with Crippen molar-refractivity contribution in [2.75, 3.05) is 13.1 Å². The number of aliphatic carboxylic acids is 1. The van der Waals surface area contributed by atoms with Crippen molar-refractivity contribution < 1.29 is 33.0 Å². The number of carboxylic acid groups (broad SMARTS) is 1. The maximum atomic E-state index is 12.4. The van der Waals surface area contributed by atoms with E-state index in [1.807, 2.05) is 0 Å². The van der Waals surface area contributed by atoms with Crippen LogP contribution in [0.5, 0.6) is 0 Å². The molecule has 1 saturated heterocycles. The maximum absolute atomic E-state index is 12.4. The summed E-state index contributed by atoms with van der Waals surface area (Å²) in [5, 5.41) is 18.6. The van der Waals surface area contributed by atoms with Gasteiger partial charge < -0.3 is 15.1 Å². The molecule has 1 aliphatic heterocycles. The molecule has 0 aromatic carbocycles. The number of alkyl halides is 3. The van der Waals surface area contributed by atoms with E-state index in [2.05, 4.69) is 4.98 Å². The first kappa shape index (κ1) is 16.2. The molecule has 1 aromatic rings. The molecule has 0 spiro atoms. The first-order valence-corrected chi connectivity index (χ1v) is 6.42. The summed E-state index contributed by atoms with van der Waals surface area (Å²) in [4.78, 5) is 27.5. The fourth-order valence-corrected chi connectivity index (χ4v) is 2.16. The molecule has 9 heteroatoms. The number of pyridine rings is 1. The van der Waals surface area contributed by atoms with Crippen molar-refractivity contribution in [3.63, 3.8) is 0 Å². The van der Waals surface area contributed by atoms with Crippen LogP contribution in [0.1, 0.15) is 28.9 Å². The van der Waals surface area contributed by atoms with Gasteiger partial charge in [-0.3, -0.25) is 9.78 Å². The molecule has 1 amide bonds. The predicted molar refractivity (Wildman–Crippen MR) is 67.0 cm³/mol. The minimum absolute atomic E-state index is 0.00263. The van der Waals surface area contributed by atoms with Crippen molar-refractivity contribution in [2.24, 2.45) is 0 Å². The van der Waals surface area contributed by atoms with Gasteiger partial charge in [0, 0.05) is 32.1 Å². The Kier molecular flexibility index (Phi) is 4.10. The van der Waals surface area contributed by atoms with E-state index < -0.39 is 29.3 Å². The van der Waals surface area contributed by atoms with Crippen LogP contribution in [-0.4, -0.2) is 50.7 Å². The molecule has 0 aliphatic carbocycles. The summed E-state index contributed by atoms with van der Waals surface area (Å²) in [7, 11) is 0. The molecule has 120 valence electrons. The third-order valence-corrected chi connectivity index (χ3v) is 3.58. The second-order valence-electron chi connectivity index (χ2n) is 5.06. The number of piperidine rings is 1. The number of carboxylic acids is 1. The number of halogens is 3. The van der Waals surface area contributed by atoms with Gasteiger partial charge in [0.05, 0.1) is 5.56 Å². The van der Waals surface area contributed by atoms with Gasteiger partial charge in [0.1, 0.15) is 5.69 Å². The minimum atomic E-state index is -4.58. The molecule has 22 heavy (non-hydrogen) atoms. The van der Waals surface area contributed by atoms with Gasteiger partial charge in [-0.15, -0.1) is 0 Å². The molecule has 2 rings (SSSR count). The van der Waals surface area contributed by atoms with Gasteiger partial charge >= 0.3 is 12.1 Å². The minimum Gasteiger partial charge on any atom is -0.479 e. The molecular weight excluding hydrogens is 305 g/mol. The average Bonchev–Trinajstić information content (AvgIpc) is 2.46. The Labute approximate surface area is 123 Å². The number of carbonyl (C=O) groups is 2. The van der Waals surface area contributed by atoms with Crippen LogP contribution in [0, 0.1) is 0 Å².